The molecule has 0 spiro atoms. The molecule has 2 aromatic heterocycles. The van der Waals surface area contributed by atoms with Gasteiger partial charge >= 0.3 is 0 Å². The van der Waals surface area contributed by atoms with E-state index in [0.717, 1.165) is 29.5 Å². The van der Waals surface area contributed by atoms with Gasteiger partial charge in [-0.25, -0.2) is 0 Å². The van der Waals surface area contributed by atoms with Crippen molar-refractivity contribution >= 4 is 11.8 Å². The topological polar surface area (TPSA) is 69.6 Å². The highest BCUT2D eigenvalue weighted by Gasteiger charge is 2.16. The van der Waals surface area contributed by atoms with E-state index in [9.17, 15) is 0 Å². The van der Waals surface area contributed by atoms with Crippen LogP contribution in [-0.4, -0.2) is 25.0 Å². The van der Waals surface area contributed by atoms with E-state index >= 15 is 0 Å². The van der Waals surface area contributed by atoms with Gasteiger partial charge in [0.2, 0.25) is 11.8 Å². The number of aromatic nitrogens is 5. The van der Waals surface area contributed by atoms with E-state index in [2.05, 4.69) is 25.0 Å². The Morgan fingerprint density at radius 3 is 2.83 bits per heavy atom. The molecule has 3 aromatic rings. The number of benzene rings is 1. The number of nitrogens with zero attached hydrogens (tertiary/aromatic N) is 5. The zero-order valence-electron chi connectivity index (χ0n) is 12.7. The molecule has 0 aliphatic carbocycles. The molecule has 0 saturated heterocycles. The van der Waals surface area contributed by atoms with Gasteiger partial charge in [-0.3, -0.25) is 0 Å². The maximum Gasteiger partial charge on any atom is 0.247 e. The van der Waals surface area contributed by atoms with Gasteiger partial charge in [-0.1, -0.05) is 36.4 Å². The standard InChI is InChI=1S/C16H17N5OS/c1-3-7-12(8-4-1)15-19-18-14(22-15)11-23-16-20-17-13-9-5-2-6-10-21(13)16/h1,3-4,7-8H,2,5-6,9-11H2. The average Bonchev–Trinajstić information content (AvgIpc) is 3.15. The largest absolute Gasteiger partial charge is 0.420 e. The molecule has 23 heavy (non-hydrogen) atoms. The van der Waals surface area contributed by atoms with Crippen molar-refractivity contribution in [2.45, 2.75) is 43.1 Å². The monoisotopic (exact) mass is 327 g/mol. The molecule has 118 valence electrons. The van der Waals surface area contributed by atoms with Gasteiger partial charge in [0.25, 0.3) is 0 Å². The lowest BCUT2D eigenvalue weighted by Crippen LogP contribution is -2.02. The highest BCUT2D eigenvalue weighted by molar-refractivity contribution is 7.98. The van der Waals surface area contributed by atoms with Crippen LogP contribution < -0.4 is 0 Å². The minimum atomic E-state index is 0.557. The summed E-state index contributed by atoms with van der Waals surface area (Å²) in [6, 6.07) is 9.80. The van der Waals surface area contributed by atoms with E-state index < -0.39 is 0 Å². The summed E-state index contributed by atoms with van der Waals surface area (Å²) in [7, 11) is 0. The lowest BCUT2D eigenvalue weighted by molar-refractivity contribution is 0.527. The summed E-state index contributed by atoms with van der Waals surface area (Å²) in [5, 5.41) is 17.8. The minimum Gasteiger partial charge on any atom is -0.420 e. The summed E-state index contributed by atoms with van der Waals surface area (Å²) < 4.78 is 7.96. The van der Waals surface area contributed by atoms with Crippen LogP contribution in [0.5, 0.6) is 0 Å². The minimum absolute atomic E-state index is 0.557. The first-order chi connectivity index (χ1) is 11.4. The third kappa shape index (κ3) is 3.14. The number of fused-ring (bicyclic) bond motifs is 1. The SMILES string of the molecule is c1ccc(-c2nnc(CSc3nnc4n3CCCCC4)o2)cc1. The first-order valence-corrected chi connectivity index (χ1v) is 8.81. The van der Waals surface area contributed by atoms with Gasteiger partial charge in [-0.15, -0.1) is 20.4 Å². The summed E-state index contributed by atoms with van der Waals surface area (Å²) in [5.41, 5.74) is 0.938. The van der Waals surface area contributed by atoms with Crippen molar-refractivity contribution in [2.75, 3.05) is 0 Å². The van der Waals surface area contributed by atoms with Crippen LogP contribution in [0.2, 0.25) is 0 Å². The van der Waals surface area contributed by atoms with E-state index in [1.807, 2.05) is 30.3 Å². The van der Waals surface area contributed by atoms with Gasteiger partial charge in [-0.05, 0) is 25.0 Å². The second-order valence-electron chi connectivity index (χ2n) is 5.52. The van der Waals surface area contributed by atoms with Crippen molar-refractivity contribution < 1.29 is 4.42 Å². The summed E-state index contributed by atoms with van der Waals surface area (Å²) in [6.45, 7) is 1.00. The highest BCUT2D eigenvalue weighted by Crippen LogP contribution is 2.25. The molecule has 1 aliphatic rings. The molecule has 4 rings (SSSR count). The summed E-state index contributed by atoms with van der Waals surface area (Å²) >= 11 is 1.61. The van der Waals surface area contributed by atoms with Crippen molar-refractivity contribution in [3.63, 3.8) is 0 Å². The predicted octanol–water partition coefficient (Wildman–Crippen LogP) is 3.35. The number of hydrogen-bond acceptors (Lipinski definition) is 6. The first kappa shape index (κ1) is 14.4. The number of thioether (sulfide) groups is 1. The van der Waals surface area contributed by atoms with Crippen LogP contribution in [0.15, 0.2) is 39.9 Å². The molecule has 0 radical (unpaired) electrons. The zero-order valence-corrected chi connectivity index (χ0v) is 13.5. The number of rotatable bonds is 4. The van der Waals surface area contributed by atoms with Crippen LogP contribution in [-0.2, 0) is 18.7 Å². The zero-order chi connectivity index (χ0) is 15.5. The second kappa shape index (κ2) is 6.54. The van der Waals surface area contributed by atoms with Crippen LogP contribution in [0, 0.1) is 0 Å². The Hall–Kier alpha value is -2.15. The Morgan fingerprint density at radius 1 is 1.00 bits per heavy atom. The van der Waals surface area contributed by atoms with E-state index in [4.69, 9.17) is 4.42 Å². The van der Waals surface area contributed by atoms with Gasteiger partial charge in [0, 0.05) is 18.5 Å². The Morgan fingerprint density at radius 2 is 1.91 bits per heavy atom. The van der Waals surface area contributed by atoms with Crippen LogP contribution in [0.25, 0.3) is 11.5 Å². The van der Waals surface area contributed by atoms with Crippen molar-refractivity contribution in [3.05, 3.63) is 42.0 Å². The summed E-state index contributed by atoms with van der Waals surface area (Å²) in [6.07, 6.45) is 4.67. The van der Waals surface area contributed by atoms with E-state index in [0.29, 0.717) is 17.5 Å². The average molecular weight is 327 g/mol. The number of hydrogen-bond donors (Lipinski definition) is 0. The fourth-order valence-corrected chi connectivity index (χ4v) is 3.52. The molecule has 0 saturated carbocycles. The smallest absolute Gasteiger partial charge is 0.247 e. The molecule has 0 bridgehead atoms. The molecule has 7 heteroatoms. The Labute approximate surface area is 138 Å². The third-order valence-electron chi connectivity index (χ3n) is 3.89. The Bertz CT molecular complexity index is 783. The second-order valence-corrected chi connectivity index (χ2v) is 6.46. The molecule has 6 nitrogen and oxygen atoms in total. The molecular weight excluding hydrogens is 310 g/mol. The molecular formula is C16H17N5OS. The first-order valence-electron chi connectivity index (χ1n) is 7.83. The van der Waals surface area contributed by atoms with Gasteiger partial charge in [0.15, 0.2) is 5.16 Å². The third-order valence-corrected chi connectivity index (χ3v) is 4.84. The van der Waals surface area contributed by atoms with Gasteiger partial charge < -0.3 is 8.98 Å². The predicted molar refractivity (Wildman–Crippen MR) is 86.9 cm³/mol. The highest BCUT2D eigenvalue weighted by atomic mass is 32.2. The maximum atomic E-state index is 5.74. The molecule has 0 fully saturated rings. The van der Waals surface area contributed by atoms with E-state index in [1.165, 1.54) is 19.3 Å². The molecule has 0 amide bonds. The van der Waals surface area contributed by atoms with Crippen molar-refractivity contribution in [3.8, 4) is 11.5 Å². The number of aryl methyl sites for hydroxylation is 1. The van der Waals surface area contributed by atoms with Gasteiger partial charge in [0.05, 0.1) is 5.75 Å². The lowest BCUT2D eigenvalue weighted by atomic mass is 10.2. The Balaban J connectivity index is 1.46. The van der Waals surface area contributed by atoms with Crippen LogP contribution in [0.1, 0.15) is 31.0 Å². The fourth-order valence-electron chi connectivity index (χ4n) is 2.70. The van der Waals surface area contributed by atoms with Gasteiger partial charge in [0.1, 0.15) is 5.82 Å². The molecule has 1 aliphatic heterocycles. The van der Waals surface area contributed by atoms with Crippen molar-refractivity contribution in [2.24, 2.45) is 0 Å². The van der Waals surface area contributed by atoms with Crippen molar-refractivity contribution in [1.29, 1.82) is 0 Å². The quantitative estimate of drug-likeness (QED) is 0.685. The van der Waals surface area contributed by atoms with E-state index in [-0.39, 0.29) is 0 Å². The van der Waals surface area contributed by atoms with Crippen LogP contribution >= 0.6 is 11.8 Å². The van der Waals surface area contributed by atoms with Crippen LogP contribution in [0.4, 0.5) is 0 Å². The maximum absolute atomic E-state index is 5.74. The van der Waals surface area contributed by atoms with Gasteiger partial charge in [-0.2, -0.15) is 0 Å². The summed E-state index contributed by atoms with van der Waals surface area (Å²) in [5.74, 6) is 2.87. The molecule has 3 heterocycles. The molecule has 0 atom stereocenters. The normalized spacial score (nSPS) is 14.4. The lowest BCUT2D eigenvalue weighted by Gasteiger charge is -2.04. The van der Waals surface area contributed by atoms with Crippen LogP contribution in [0.3, 0.4) is 0 Å². The van der Waals surface area contributed by atoms with Crippen molar-refractivity contribution in [1.82, 2.24) is 25.0 Å². The summed E-state index contributed by atoms with van der Waals surface area (Å²) in [4.78, 5) is 0. The molecule has 0 unspecified atom stereocenters. The Kier molecular flexibility index (Phi) is 4.10. The van der Waals surface area contributed by atoms with E-state index in [1.54, 1.807) is 11.8 Å². The fraction of sp³-hybridized carbons (Fsp3) is 0.375. The molecule has 1 aromatic carbocycles. The molecule has 0 N–H and O–H groups in total.